The van der Waals surface area contributed by atoms with Gasteiger partial charge in [-0.05, 0) is 44.7 Å². The van der Waals surface area contributed by atoms with E-state index in [2.05, 4.69) is 20.4 Å². The van der Waals surface area contributed by atoms with Crippen LogP contribution < -0.4 is 5.32 Å². The minimum absolute atomic E-state index is 0.107. The third kappa shape index (κ3) is 3.74. The lowest BCUT2D eigenvalue weighted by Crippen LogP contribution is -2.45. The van der Waals surface area contributed by atoms with Crippen LogP contribution in [0.3, 0.4) is 0 Å². The van der Waals surface area contributed by atoms with E-state index in [9.17, 15) is 4.79 Å². The highest BCUT2D eigenvalue weighted by Crippen LogP contribution is 2.32. The molecule has 0 bridgehead atoms. The molecule has 6 heteroatoms. The highest BCUT2D eigenvalue weighted by molar-refractivity contribution is 5.83. The standard InChI is InChI=1S/C19H24N4O2/c1-13-20-19(25-22-13)15-8-5-11-23(12-15)17(14-6-3-2-4-7-14)18(24)21-16-9-10-16/h2-4,6-7,15-17H,5,8-12H2,1H3,(H,21,24)/t15-,17-/m1/s1. The van der Waals surface area contributed by atoms with Crippen molar-refractivity contribution >= 4 is 5.91 Å². The molecule has 4 rings (SSSR count). The normalized spacial score (nSPS) is 22.5. The Balaban J connectivity index is 1.56. The molecule has 1 aromatic carbocycles. The van der Waals surface area contributed by atoms with Crippen LogP contribution in [0.5, 0.6) is 0 Å². The average molecular weight is 340 g/mol. The molecule has 25 heavy (non-hydrogen) atoms. The van der Waals surface area contributed by atoms with E-state index in [1.54, 1.807) is 0 Å². The van der Waals surface area contributed by atoms with Gasteiger partial charge < -0.3 is 9.84 Å². The van der Waals surface area contributed by atoms with Crippen molar-refractivity contribution in [3.8, 4) is 0 Å². The van der Waals surface area contributed by atoms with Crippen LogP contribution in [0.15, 0.2) is 34.9 Å². The Morgan fingerprint density at radius 3 is 2.76 bits per heavy atom. The molecular weight excluding hydrogens is 316 g/mol. The van der Waals surface area contributed by atoms with E-state index in [0.29, 0.717) is 17.8 Å². The summed E-state index contributed by atoms with van der Waals surface area (Å²) in [5.74, 6) is 1.65. The Morgan fingerprint density at radius 2 is 2.08 bits per heavy atom. The number of hydrogen-bond acceptors (Lipinski definition) is 5. The summed E-state index contributed by atoms with van der Waals surface area (Å²) in [6.07, 6.45) is 4.23. The minimum atomic E-state index is -0.256. The molecule has 2 heterocycles. The van der Waals surface area contributed by atoms with Gasteiger partial charge >= 0.3 is 0 Å². The summed E-state index contributed by atoms with van der Waals surface area (Å²) >= 11 is 0. The minimum Gasteiger partial charge on any atom is -0.352 e. The lowest BCUT2D eigenvalue weighted by molar-refractivity contribution is -0.127. The van der Waals surface area contributed by atoms with Gasteiger partial charge in [-0.2, -0.15) is 4.98 Å². The van der Waals surface area contributed by atoms with Gasteiger partial charge in [0, 0.05) is 12.6 Å². The highest BCUT2D eigenvalue weighted by Gasteiger charge is 2.36. The smallest absolute Gasteiger partial charge is 0.242 e. The first-order valence-corrected chi connectivity index (χ1v) is 9.10. The third-order valence-corrected chi connectivity index (χ3v) is 5.00. The molecule has 1 aliphatic heterocycles. The van der Waals surface area contributed by atoms with Gasteiger partial charge in [-0.25, -0.2) is 0 Å². The van der Waals surface area contributed by atoms with Gasteiger partial charge in [0.15, 0.2) is 5.82 Å². The molecule has 0 radical (unpaired) electrons. The van der Waals surface area contributed by atoms with Crippen LogP contribution in [0, 0.1) is 6.92 Å². The lowest BCUT2D eigenvalue weighted by atomic mass is 9.94. The van der Waals surface area contributed by atoms with Gasteiger partial charge in [0.25, 0.3) is 0 Å². The molecular formula is C19H24N4O2. The lowest BCUT2D eigenvalue weighted by Gasteiger charge is -2.36. The van der Waals surface area contributed by atoms with Gasteiger partial charge in [0.1, 0.15) is 6.04 Å². The first-order valence-electron chi connectivity index (χ1n) is 9.10. The number of hydrogen-bond donors (Lipinski definition) is 1. The fourth-order valence-electron chi connectivity index (χ4n) is 3.59. The fraction of sp³-hybridized carbons (Fsp3) is 0.526. The van der Waals surface area contributed by atoms with Gasteiger partial charge in [0.2, 0.25) is 11.8 Å². The molecule has 1 saturated heterocycles. The molecule has 2 aromatic rings. The largest absolute Gasteiger partial charge is 0.352 e. The fourth-order valence-corrected chi connectivity index (χ4v) is 3.59. The van der Waals surface area contributed by atoms with Crippen molar-refractivity contribution in [1.82, 2.24) is 20.4 Å². The summed E-state index contributed by atoms with van der Waals surface area (Å²) in [7, 11) is 0. The second kappa shape index (κ2) is 6.96. The summed E-state index contributed by atoms with van der Waals surface area (Å²) in [6, 6.07) is 10.2. The van der Waals surface area contributed by atoms with Gasteiger partial charge in [-0.3, -0.25) is 9.69 Å². The third-order valence-electron chi connectivity index (χ3n) is 5.00. The summed E-state index contributed by atoms with van der Waals surface area (Å²) in [5, 5.41) is 7.10. The molecule has 2 fully saturated rings. The molecule has 2 aliphatic rings. The summed E-state index contributed by atoms with van der Waals surface area (Å²) in [5.41, 5.74) is 1.04. The number of carbonyl (C=O) groups is 1. The van der Waals surface area contributed by atoms with Crippen molar-refractivity contribution in [2.75, 3.05) is 13.1 Å². The maximum absolute atomic E-state index is 12.9. The number of aromatic nitrogens is 2. The molecule has 0 spiro atoms. The zero-order valence-corrected chi connectivity index (χ0v) is 14.5. The van der Waals surface area contributed by atoms with Crippen LogP contribution in [0.2, 0.25) is 0 Å². The maximum atomic E-state index is 12.9. The van der Waals surface area contributed by atoms with Crippen molar-refractivity contribution in [3.63, 3.8) is 0 Å². The highest BCUT2D eigenvalue weighted by atomic mass is 16.5. The van der Waals surface area contributed by atoms with E-state index in [-0.39, 0.29) is 17.9 Å². The van der Waals surface area contributed by atoms with Crippen molar-refractivity contribution in [2.45, 2.75) is 50.6 Å². The number of piperidine rings is 1. The van der Waals surface area contributed by atoms with E-state index in [0.717, 1.165) is 44.3 Å². The quantitative estimate of drug-likeness (QED) is 0.906. The number of nitrogens with zero attached hydrogens (tertiary/aromatic N) is 3. The maximum Gasteiger partial charge on any atom is 0.242 e. The predicted octanol–water partition coefficient (Wildman–Crippen LogP) is 2.58. The Kier molecular flexibility index (Phi) is 4.53. The van der Waals surface area contributed by atoms with E-state index in [4.69, 9.17) is 4.52 Å². The van der Waals surface area contributed by atoms with E-state index >= 15 is 0 Å². The van der Waals surface area contributed by atoms with Crippen LogP contribution in [0.1, 0.15) is 54.9 Å². The second-order valence-electron chi connectivity index (χ2n) is 7.11. The van der Waals surface area contributed by atoms with E-state index in [1.165, 1.54) is 0 Å². The topological polar surface area (TPSA) is 71.3 Å². The number of carbonyl (C=O) groups excluding carboxylic acids is 1. The number of likely N-dealkylation sites (tertiary alicyclic amines) is 1. The Hall–Kier alpha value is -2.21. The van der Waals surface area contributed by atoms with Crippen LogP contribution in [-0.4, -0.2) is 40.1 Å². The van der Waals surface area contributed by atoms with Crippen LogP contribution in [0.25, 0.3) is 0 Å². The molecule has 1 saturated carbocycles. The number of nitrogens with one attached hydrogen (secondary N) is 1. The van der Waals surface area contributed by atoms with Gasteiger partial charge in [-0.1, -0.05) is 35.5 Å². The predicted molar refractivity (Wildman–Crippen MR) is 92.9 cm³/mol. The van der Waals surface area contributed by atoms with Crippen molar-refractivity contribution in [1.29, 1.82) is 0 Å². The van der Waals surface area contributed by atoms with Crippen molar-refractivity contribution in [3.05, 3.63) is 47.6 Å². The molecule has 1 aromatic heterocycles. The molecule has 1 amide bonds. The molecule has 2 atom stereocenters. The zero-order chi connectivity index (χ0) is 17.2. The van der Waals surface area contributed by atoms with Crippen molar-refractivity contribution < 1.29 is 9.32 Å². The van der Waals surface area contributed by atoms with Crippen LogP contribution in [0.4, 0.5) is 0 Å². The Labute approximate surface area is 147 Å². The summed E-state index contributed by atoms with van der Waals surface area (Å²) < 4.78 is 5.38. The Bertz CT molecular complexity index is 726. The number of rotatable bonds is 5. The molecule has 132 valence electrons. The van der Waals surface area contributed by atoms with Crippen LogP contribution >= 0.6 is 0 Å². The first kappa shape index (κ1) is 16.3. The molecule has 0 unspecified atom stereocenters. The van der Waals surface area contributed by atoms with Gasteiger partial charge in [0.05, 0.1) is 5.92 Å². The SMILES string of the molecule is Cc1noc([C@@H]2CCCN([C@@H](C(=O)NC3CC3)c3ccccc3)C2)n1. The first-order chi connectivity index (χ1) is 12.2. The Morgan fingerprint density at radius 1 is 1.28 bits per heavy atom. The number of benzene rings is 1. The molecule has 6 nitrogen and oxygen atoms in total. The van der Waals surface area contributed by atoms with E-state index < -0.39 is 0 Å². The van der Waals surface area contributed by atoms with Crippen molar-refractivity contribution in [2.24, 2.45) is 0 Å². The number of aryl methyl sites for hydroxylation is 1. The molecule has 1 N–H and O–H groups in total. The van der Waals surface area contributed by atoms with E-state index in [1.807, 2.05) is 37.3 Å². The van der Waals surface area contributed by atoms with Gasteiger partial charge in [-0.15, -0.1) is 0 Å². The number of amides is 1. The molecule has 1 aliphatic carbocycles. The zero-order valence-electron chi connectivity index (χ0n) is 14.5. The average Bonchev–Trinajstić information content (AvgIpc) is 3.33. The summed E-state index contributed by atoms with van der Waals surface area (Å²) in [6.45, 7) is 3.50. The summed E-state index contributed by atoms with van der Waals surface area (Å²) in [4.78, 5) is 19.6. The monoisotopic (exact) mass is 340 g/mol. The second-order valence-corrected chi connectivity index (χ2v) is 7.11. The van der Waals surface area contributed by atoms with Crippen LogP contribution in [-0.2, 0) is 4.79 Å².